The van der Waals surface area contributed by atoms with Gasteiger partial charge in [0.05, 0.1) is 17.0 Å². The van der Waals surface area contributed by atoms with Crippen LogP contribution in [-0.2, 0) is 36.0 Å². The molecule has 2 aromatic carbocycles. The van der Waals surface area contributed by atoms with E-state index in [4.69, 9.17) is 0 Å². The van der Waals surface area contributed by atoms with Gasteiger partial charge in [0.15, 0.2) is 5.78 Å². The van der Waals surface area contributed by atoms with Gasteiger partial charge in [-0.1, -0.05) is 38.1 Å². The summed E-state index contributed by atoms with van der Waals surface area (Å²) in [6.07, 6.45) is 0.357. The van der Waals surface area contributed by atoms with Crippen LogP contribution in [0.5, 0.6) is 0 Å². The van der Waals surface area contributed by atoms with Gasteiger partial charge in [0.2, 0.25) is 10.0 Å². The van der Waals surface area contributed by atoms with Crippen LogP contribution in [0, 0.1) is 11.6 Å². The van der Waals surface area contributed by atoms with Gasteiger partial charge in [0, 0.05) is 55.0 Å². The molecule has 188 valence electrons. The van der Waals surface area contributed by atoms with Crippen molar-refractivity contribution in [2.45, 2.75) is 50.7 Å². The first-order valence-corrected chi connectivity index (χ1v) is 12.4. The zero-order valence-electron chi connectivity index (χ0n) is 19.3. The Morgan fingerprint density at radius 2 is 1.86 bits per heavy atom. The summed E-state index contributed by atoms with van der Waals surface area (Å²) in [5.41, 5.74) is 3.31. The number of hydrogen-bond acceptors (Lipinski definition) is 5. The number of nitrogens with zero attached hydrogens (tertiary/aromatic N) is 2. The number of carbonyl (C=O) groups excluding carboxylic acids is 1. The van der Waals surface area contributed by atoms with E-state index >= 15 is 0 Å². The second-order valence-electron chi connectivity index (χ2n) is 8.61. The van der Waals surface area contributed by atoms with Crippen molar-refractivity contribution in [2.75, 3.05) is 6.54 Å². The van der Waals surface area contributed by atoms with Crippen LogP contribution in [0.25, 0.3) is 0 Å². The predicted molar refractivity (Wildman–Crippen MR) is 130 cm³/mol. The number of ketones is 1. The van der Waals surface area contributed by atoms with Crippen molar-refractivity contribution >= 4 is 28.2 Å². The SMILES string of the molecule is CC(C)NCc1ccccc1C(=O)Cc1n[nH]c2c1CN(S(=O)(=O)c1cc(F)cc(F)c1)CC2.Cl. The largest absolute Gasteiger partial charge is 0.310 e. The van der Waals surface area contributed by atoms with Gasteiger partial charge in [0.1, 0.15) is 11.6 Å². The zero-order valence-corrected chi connectivity index (χ0v) is 21.0. The number of H-pyrrole nitrogens is 1. The summed E-state index contributed by atoms with van der Waals surface area (Å²) in [6, 6.07) is 9.85. The molecular weight excluding hydrogens is 498 g/mol. The highest BCUT2D eigenvalue weighted by Crippen LogP contribution is 2.27. The number of hydrogen-bond donors (Lipinski definition) is 2. The van der Waals surface area contributed by atoms with Gasteiger partial charge in [-0.25, -0.2) is 17.2 Å². The minimum Gasteiger partial charge on any atom is -0.310 e. The topological polar surface area (TPSA) is 95.2 Å². The van der Waals surface area contributed by atoms with Crippen LogP contribution < -0.4 is 5.32 Å². The molecule has 7 nitrogen and oxygen atoms in total. The first-order chi connectivity index (χ1) is 16.1. The highest BCUT2D eigenvalue weighted by atomic mass is 35.5. The monoisotopic (exact) mass is 524 g/mol. The Labute approximate surface area is 209 Å². The highest BCUT2D eigenvalue weighted by molar-refractivity contribution is 7.89. The number of benzene rings is 2. The number of sulfonamides is 1. The van der Waals surface area contributed by atoms with Gasteiger partial charge in [-0.05, 0) is 17.7 Å². The first-order valence-electron chi connectivity index (χ1n) is 11.0. The fraction of sp³-hybridized carbons (Fsp3) is 0.333. The average molecular weight is 525 g/mol. The van der Waals surface area contributed by atoms with E-state index in [0.29, 0.717) is 35.9 Å². The summed E-state index contributed by atoms with van der Waals surface area (Å²) >= 11 is 0. The summed E-state index contributed by atoms with van der Waals surface area (Å²) in [6.45, 7) is 4.70. The minimum absolute atomic E-state index is 0. The Hall–Kier alpha value is -2.66. The third kappa shape index (κ3) is 5.95. The number of Topliss-reactive ketones (excluding diaryl/α,β-unsaturated/α-hetero) is 1. The fourth-order valence-electron chi connectivity index (χ4n) is 4.02. The number of carbonyl (C=O) groups is 1. The van der Waals surface area contributed by atoms with Crippen molar-refractivity contribution < 1.29 is 22.0 Å². The Bertz CT molecular complexity index is 1310. The quantitative estimate of drug-likeness (QED) is 0.437. The van der Waals surface area contributed by atoms with Crippen LogP contribution in [0.15, 0.2) is 47.4 Å². The standard InChI is InChI=1S/C24H26F2N4O3S.ClH/c1-15(2)27-13-16-5-3-4-6-20(16)24(31)12-23-21-14-30(8-7-22(21)28-29-23)34(32,33)19-10-17(25)9-18(26)11-19;/h3-6,9-11,15,27H,7-8,12-14H2,1-2H3,(H,28,29);1H. The van der Waals surface area contributed by atoms with Gasteiger partial charge in [0.25, 0.3) is 0 Å². The van der Waals surface area contributed by atoms with Crippen molar-refractivity contribution in [3.63, 3.8) is 0 Å². The molecule has 0 unspecified atom stereocenters. The molecule has 0 saturated heterocycles. The predicted octanol–water partition coefficient (Wildman–Crippen LogP) is 3.78. The molecule has 35 heavy (non-hydrogen) atoms. The Morgan fingerprint density at radius 3 is 2.54 bits per heavy atom. The van der Waals surface area contributed by atoms with E-state index < -0.39 is 26.6 Å². The van der Waals surface area contributed by atoms with Gasteiger partial charge in [-0.3, -0.25) is 9.89 Å². The number of rotatable bonds is 8. The van der Waals surface area contributed by atoms with E-state index in [0.717, 1.165) is 27.7 Å². The lowest BCUT2D eigenvalue weighted by Crippen LogP contribution is -2.36. The van der Waals surface area contributed by atoms with Crippen molar-refractivity contribution in [3.05, 3.63) is 82.2 Å². The molecule has 0 amide bonds. The smallest absolute Gasteiger partial charge is 0.243 e. The fourth-order valence-corrected chi connectivity index (χ4v) is 5.47. The molecule has 0 saturated carbocycles. The highest BCUT2D eigenvalue weighted by Gasteiger charge is 2.32. The van der Waals surface area contributed by atoms with Gasteiger partial charge in [-0.2, -0.15) is 9.40 Å². The average Bonchev–Trinajstić information content (AvgIpc) is 3.19. The van der Waals surface area contributed by atoms with Crippen molar-refractivity contribution in [1.29, 1.82) is 0 Å². The van der Waals surface area contributed by atoms with Gasteiger partial charge in [-0.15, -0.1) is 12.4 Å². The summed E-state index contributed by atoms with van der Waals surface area (Å²) < 4.78 is 54.5. The molecule has 1 aliphatic heterocycles. The maximum Gasteiger partial charge on any atom is 0.243 e. The van der Waals surface area contributed by atoms with Gasteiger partial charge >= 0.3 is 0 Å². The molecule has 0 bridgehead atoms. The van der Waals surface area contributed by atoms with Crippen LogP contribution >= 0.6 is 12.4 Å². The van der Waals surface area contributed by atoms with Crippen molar-refractivity contribution in [3.8, 4) is 0 Å². The van der Waals surface area contributed by atoms with Crippen molar-refractivity contribution in [1.82, 2.24) is 19.8 Å². The molecule has 1 aliphatic rings. The molecule has 3 aromatic rings. The Morgan fingerprint density at radius 1 is 1.17 bits per heavy atom. The number of aromatic amines is 1. The molecule has 0 atom stereocenters. The van der Waals surface area contributed by atoms with Crippen LogP contribution in [-0.4, -0.2) is 41.3 Å². The number of aromatic nitrogens is 2. The molecular formula is C24H27ClF2N4O3S. The number of halogens is 3. The van der Waals surface area contributed by atoms with Crippen LogP contribution in [0.3, 0.4) is 0 Å². The Kier molecular flexibility index (Phi) is 8.42. The third-order valence-corrected chi connectivity index (χ3v) is 7.63. The summed E-state index contributed by atoms with van der Waals surface area (Å²) in [5.74, 6) is -2.05. The summed E-state index contributed by atoms with van der Waals surface area (Å²) in [7, 11) is -4.13. The van der Waals surface area contributed by atoms with E-state index in [9.17, 15) is 22.0 Å². The molecule has 0 fully saturated rings. The number of nitrogens with one attached hydrogen (secondary N) is 2. The van der Waals surface area contributed by atoms with E-state index in [1.54, 1.807) is 12.1 Å². The maximum absolute atomic E-state index is 13.6. The molecule has 2 heterocycles. The zero-order chi connectivity index (χ0) is 24.5. The minimum atomic E-state index is -4.13. The second-order valence-corrected chi connectivity index (χ2v) is 10.6. The first kappa shape index (κ1) is 26.9. The summed E-state index contributed by atoms with van der Waals surface area (Å²) in [5, 5.41) is 10.5. The van der Waals surface area contributed by atoms with Gasteiger partial charge < -0.3 is 5.32 Å². The van der Waals surface area contributed by atoms with Crippen molar-refractivity contribution in [2.24, 2.45) is 0 Å². The molecule has 0 aliphatic carbocycles. The maximum atomic E-state index is 13.6. The lowest BCUT2D eigenvalue weighted by molar-refractivity contribution is 0.0990. The summed E-state index contributed by atoms with van der Waals surface area (Å²) in [4.78, 5) is 12.7. The van der Waals surface area contributed by atoms with E-state index in [2.05, 4.69) is 15.5 Å². The molecule has 2 N–H and O–H groups in total. The van der Waals surface area contributed by atoms with Crippen LogP contribution in [0.4, 0.5) is 8.78 Å². The van der Waals surface area contributed by atoms with E-state index in [-0.39, 0.29) is 43.7 Å². The molecule has 4 rings (SSSR count). The van der Waals surface area contributed by atoms with E-state index in [1.807, 2.05) is 26.0 Å². The number of fused-ring (bicyclic) bond motifs is 1. The van der Waals surface area contributed by atoms with E-state index in [1.165, 1.54) is 0 Å². The third-order valence-electron chi connectivity index (χ3n) is 5.80. The molecule has 11 heteroatoms. The Balaban J connectivity index is 0.00000342. The van der Waals surface area contributed by atoms with Crippen LogP contribution in [0.1, 0.15) is 46.7 Å². The molecule has 1 aromatic heterocycles. The molecule has 0 radical (unpaired) electrons. The second kappa shape index (κ2) is 10.9. The normalized spacial score (nSPS) is 14.0. The van der Waals surface area contributed by atoms with Crippen LogP contribution in [0.2, 0.25) is 0 Å². The molecule has 0 spiro atoms. The lowest BCUT2D eigenvalue weighted by Gasteiger charge is -2.26. The lowest BCUT2D eigenvalue weighted by atomic mass is 9.97.